The number of hydrogen-bond acceptors (Lipinski definition) is 5. The Labute approximate surface area is 170 Å². The van der Waals surface area contributed by atoms with Crippen LogP contribution in [-0.4, -0.2) is 67.0 Å². The van der Waals surface area contributed by atoms with E-state index in [4.69, 9.17) is 4.74 Å². The summed E-state index contributed by atoms with van der Waals surface area (Å²) in [5, 5.41) is 5.66. The molecule has 2 heterocycles. The Kier molecular flexibility index (Phi) is 6.53. The highest BCUT2D eigenvalue weighted by Crippen LogP contribution is 2.28. The third-order valence-electron chi connectivity index (χ3n) is 5.26. The molecule has 0 radical (unpaired) electrons. The molecule has 2 N–H and O–H groups in total. The van der Waals surface area contributed by atoms with Gasteiger partial charge in [0.25, 0.3) is 0 Å². The van der Waals surface area contributed by atoms with Crippen LogP contribution < -0.4 is 10.6 Å². The minimum Gasteiger partial charge on any atom is -0.463 e. The van der Waals surface area contributed by atoms with E-state index in [2.05, 4.69) is 15.5 Å². The standard InChI is InChI=1S/C21H28N4O4/c1-4-29-20(27)18-17(13-24-9-11-25(12-10-24)15(3)26)22-21(28)23-19(18)16-7-5-14(2)6-8-16/h5-8,19H,4,9-13H2,1-3H3,(H2,22,23,28). The lowest BCUT2D eigenvalue weighted by molar-refractivity contribution is -0.139. The Morgan fingerprint density at radius 3 is 2.38 bits per heavy atom. The molecule has 0 spiro atoms. The van der Waals surface area contributed by atoms with Gasteiger partial charge in [-0.3, -0.25) is 9.69 Å². The van der Waals surface area contributed by atoms with Crippen LogP contribution in [-0.2, 0) is 14.3 Å². The number of benzene rings is 1. The van der Waals surface area contributed by atoms with Crippen LogP contribution in [0.15, 0.2) is 35.5 Å². The highest BCUT2D eigenvalue weighted by Gasteiger charge is 2.34. The fraction of sp³-hybridized carbons (Fsp3) is 0.476. The summed E-state index contributed by atoms with van der Waals surface area (Å²) >= 11 is 0. The largest absolute Gasteiger partial charge is 0.463 e. The number of amides is 3. The van der Waals surface area contributed by atoms with Crippen LogP contribution in [0.25, 0.3) is 0 Å². The van der Waals surface area contributed by atoms with Crippen LogP contribution >= 0.6 is 0 Å². The fourth-order valence-corrected chi connectivity index (χ4v) is 3.65. The van der Waals surface area contributed by atoms with Crippen molar-refractivity contribution in [3.05, 3.63) is 46.7 Å². The molecule has 1 atom stereocenters. The molecule has 8 nitrogen and oxygen atoms in total. The predicted molar refractivity (Wildman–Crippen MR) is 108 cm³/mol. The average molecular weight is 400 g/mol. The molecule has 0 bridgehead atoms. The van der Waals surface area contributed by atoms with E-state index >= 15 is 0 Å². The normalized spacial score (nSPS) is 20.2. The van der Waals surface area contributed by atoms with E-state index in [1.54, 1.807) is 18.7 Å². The Morgan fingerprint density at radius 2 is 1.79 bits per heavy atom. The van der Waals surface area contributed by atoms with E-state index in [-0.39, 0.29) is 18.5 Å². The molecule has 0 saturated carbocycles. The quantitative estimate of drug-likeness (QED) is 0.728. The van der Waals surface area contributed by atoms with Gasteiger partial charge in [-0.25, -0.2) is 9.59 Å². The fourth-order valence-electron chi connectivity index (χ4n) is 3.65. The zero-order valence-electron chi connectivity index (χ0n) is 17.2. The number of nitrogens with one attached hydrogen (secondary N) is 2. The number of carbonyl (C=O) groups is 3. The lowest BCUT2D eigenvalue weighted by Gasteiger charge is -2.36. The maximum atomic E-state index is 12.8. The highest BCUT2D eigenvalue weighted by atomic mass is 16.5. The van der Waals surface area contributed by atoms with Crippen LogP contribution in [0.5, 0.6) is 0 Å². The van der Waals surface area contributed by atoms with Gasteiger partial charge >= 0.3 is 12.0 Å². The topological polar surface area (TPSA) is 91.0 Å². The molecule has 29 heavy (non-hydrogen) atoms. The number of piperazine rings is 1. The van der Waals surface area contributed by atoms with E-state index in [1.807, 2.05) is 31.2 Å². The molecular formula is C21H28N4O4. The molecule has 0 aromatic heterocycles. The third kappa shape index (κ3) is 4.95. The van der Waals surface area contributed by atoms with Gasteiger partial charge in [0.2, 0.25) is 5.91 Å². The van der Waals surface area contributed by atoms with Gasteiger partial charge in [0.05, 0.1) is 18.2 Å². The third-order valence-corrected chi connectivity index (χ3v) is 5.26. The van der Waals surface area contributed by atoms with E-state index in [0.717, 1.165) is 11.1 Å². The van der Waals surface area contributed by atoms with Gasteiger partial charge in [0.15, 0.2) is 0 Å². The SMILES string of the molecule is CCOC(=O)C1=C(CN2CCN(C(C)=O)CC2)NC(=O)NC1c1ccc(C)cc1. The monoisotopic (exact) mass is 400 g/mol. The molecule has 8 heteroatoms. The van der Waals surface area contributed by atoms with Crippen molar-refractivity contribution in [3.63, 3.8) is 0 Å². The molecule has 3 amide bonds. The maximum Gasteiger partial charge on any atom is 0.338 e. The summed E-state index contributed by atoms with van der Waals surface area (Å²) in [6.07, 6.45) is 0. The van der Waals surface area contributed by atoms with Gasteiger partial charge < -0.3 is 20.3 Å². The molecule has 3 rings (SSSR count). The Morgan fingerprint density at radius 1 is 1.14 bits per heavy atom. The summed E-state index contributed by atoms with van der Waals surface area (Å²) in [7, 11) is 0. The Hall–Kier alpha value is -2.87. The number of rotatable bonds is 5. The lowest BCUT2D eigenvalue weighted by atomic mass is 9.94. The second kappa shape index (κ2) is 9.09. The molecular weight excluding hydrogens is 372 g/mol. The molecule has 1 saturated heterocycles. The summed E-state index contributed by atoms with van der Waals surface area (Å²) in [4.78, 5) is 40.6. The van der Waals surface area contributed by atoms with Crippen LogP contribution in [0, 0.1) is 6.92 Å². The molecule has 1 unspecified atom stereocenters. The second-order valence-electron chi connectivity index (χ2n) is 7.34. The number of ether oxygens (including phenoxy) is 1. The molecule has 2 aliphatic heterocycles. The van der Waals surface area contributed by atoms with Gasteiger partial charge in [-0.05, 0) is 19.4 Å². The first-order valence-corrected chi connectivity index (χ1v) is 9.91. The lowest BCUT2D eigenvalue weighted by Crippen LogP contribution is -2.52. The number of nitrogens with zero attached hydrogens (tertiary/aromatic N) is 2. The Balaban J connectivity index is 1.89. The molecule has 1 aromatic carbocycles. The number of aryl methyl sites for hydroxylation is 1. The van der Waals surface area contributed by atoms with Gasteiger partial charge in [-0.1, -0.05) is 29.8 Å². The van der Waals surface area contributed by atoms with Gasteiger partial charge in [-0.15, -0.1) is 0 Å². The summed E-state index contributed by atoms with van der Waals surface area (Å²) in [5.74, 6) is -0.381. The second-order valence-corrected chi connectivity index (χ2v) is 7.34. The van der Waals surface area contributed by atoms with Crippen molar-refractivity contribution in [2.45, 2.75) is 26.8 Å². The smallest absolute Gasteiger partial charge is 0.338 e. The first kappa shape index (κ1) is 20.9. The van der Waals surface area contributed by atoms with E-state index in [9.17, 15) is 14.4 Å². The van der Waals surface area contributed by atoms with E-state index < -0.39 is 12.0 Å². The van der Waals surface area contributed by atoms with E-state index in [0.29, 0.717) is 44.0 Å². The maximum absolute atomic E-state index is 12.8. The summed E-state index contributed by atoms with van der Waals surface area (Å²) < 4.78 is 5.30. The summed E-state index contributed by atoms with van der Waals surface area (Å²) in [6.45, 7) is 8.59. The van der Waals surface area contributed by atoms with E-state index in [1.165, 1.54) is 0 Å². The van der Waals surface area contributed by atoms with Crippen molar-refractivity contribution >= 4 is 17.9 Å². The molecule has 1 aromatic rings. The van der Waals surface area contributed by atoms with Crippen molar-refractivity contribution in [1.29, 1.82) is 0 Å². The zero-order chi connectivity index (χ0) is 21.0. The zero-order valence-corrected chi connectivity index (χ0v) is 17.2. The molecule has 156 valence electrons. The van der Waals surface area contributed by atoms with Crippen molar-refractivity contribution in [2.75, 3.05) is 39.3 Å². The average Bonchev–Trinajstić information content (AvgIpc) is 2.68. The van der Waals surface area contributed by atoms with Crippen molar-refractivity contribution in [1.82, 2.24) is 20.4 Å². The minimum atomic E-state index is -0.572. The van der Waals surface area contributed by atoms with Gasteiger partial charge in [0.1, 0.15) is 0 Å². The van der Waals surface area contributed by atoms with Crippen LogP contribution in [0.4, 0.5) is 4.79 Å². The molecule has 1 fully saturated rings. The van der Waals surface area contributed by atoms with Crippen LogP contribution in [0.1, 0.15) is 31.0 Å². The van der Waals surface area contributed by atoms with Crippen LogP contribution in [0.3, 0.4) is 0 Å². The van der Waals surface area contributed by atoms with Crippen molar-refractivity contribution < 1.29 is 19.1 Å². The van der Waals surface area contributed by atoms with Crippen molar-refractivity contribution in [3.8, 4) is 0 Å². The van der Waals surface area contributed by atoms with Gasteiger partial charge in [-0.2, -0.15) is 0 Å². The van der Waals surface area contributed by atoms with Crippen LogP contribution in [0.2, 0.25) is 0 Å². The number of carbonyl (C=O) groups excluding carboxylic acids is 3. The first-order valence-electron chi connectivity index (χ1n) is 9.91. The first-order chi connectivity index (χ1) is 13.9. The summed E-state index contributed by atoms with van der Waals surface area (Å²) in [6, 6.07) is 6.81. The number of urea groups is 1. The number of esters is 1. The van der Waals surface area contributed by atoms with Crippen molar-refractivity contribution in [2.24, 2.45) is 0 Å². The Bertz CT molecular complexity index is 810. The number of hydrogen-bond donors (Lipinski definition) is 2. The molecule has 2 aliphatic rings. The van der Waals surface area contributed by atoms with Gasteiger partial charge in [0, 0.05) is 45.3 Å². The predicted octanol–water partition coefficient (Wildman–Crippen LogP) is 1.33. The summed E-state index contributed by atoms with van der Waals surface area (Å²) in [5.41, 5.74) is 2.89. The minimum absolute atomic E-state index is 0.0608. The highest BCUT2D eigenvalue weighted by molar-refractivity contribution is 5.95. The molecule has 0 aliphatic carbocycles.